The molecule has 2 aliphatic heterocycles. The van der Waals surface area contributed by atoms with Gasteiger partial charge in [0.05, 0.1) is 18.8 Å². The second-order valence-electron chi connectivity index (χ2n) is 6.22. The summed E-state index contributed by atoms with van der Waals surface area (Å²) >= 11 is 0. The summed E-state index contributed by atoms with van der Waals surface area (Å²) in [5.74, 6) is 1.14. The predicted molar refractivity (Wildman–Crippen MR) is 90.3 cm³/mol. The number of benzene rings is 1. The zero-order valence-corrected chi connectivity index (χ0v) is 13.7. The van der Waals surface area contributed by atoms with Gasteiger partial charge in [-0.15, -0.1) is 0 Å². The molecule has 0 saturated carbocycles. The van der Waals surface area contributed by atoms with Gasteiger partial charge in [-0.05, 0) is 36.8 Å². The van der Waals surface area contributed by atoms with Crippen LogP contribution in [0.5, 0.6) is 5.75 Å². The lowest BCUT2D eigenvalue weighted by Gasteiger charge is -2.40. The average molecular weight is 343 g/mol. The third-order valence-corrected chi connectivity index (χ3v) is 4.36. The SMILES string of the molecule is C[C@H]1CN(c2ccc3c(n2)NC(=O)CO3)[C@@H](c2cccc(F)c2)CO1. The van der Waals surface area contributed by atoms with E-state index in [-0.39, 0.29) is 30.5 Å². The van der Waals surface area contributed by atoms with Crippen LogP contribution in [0.4, 0.5) is 16.0 Å². The molecule has 1 aromatic heterocycles. The van der Waals surface area contributed by atoms with Gasteiger partial charge in [0.2, 0.25) is 0 Å². The molecule has 0 unspecified atom stereocenters. The summed E-state index contributed by atoms with van der Waals surface area (Å²) < 4.78 is 24.8. The van der Waals surface area contributed by atoms with E-state index in [2.05, 4.69) is 15.2 Å². The monoisotopic (exact) mass is 343 g/mol. The lowest BCUT2D eigenvalue weighted by atomic mass is 10.0. The maximum Gasteiger partial charge on any atom is 0.263 e. The lowest BCUT2D eigenvalue weighted by Crippen LogP contribution is -2.44. The minimum absolute atomic E-state index is 0.00542. The van der Waals surface area contributed by atoms with Gasteiger partial charge in [-0.25, -0.2) is 9.37 Å². The Morgan fingerprint density at radius 3 is 3.04 bits per heavy atom. The van der Waals surface area contributed by atoms with Crippen LogP contribution >= 0.6 is 0 Å². The highest BCUT2D eigenvalue weighted by molar-refractivity contribution is 5.94. The molecule has 130 valence electrons. The molecule has 2 aliphatic rings. The van der Waals surface area contributed by atoms with Crippen molar-refractivity contribution in [2.45, 2.75) is 19.1 Å². The molecule has 0 radical (unpaired) electrons. The van der Waals surface area contributed by atoms with Crippen LogP contribution in [0.1, 0.15) is 18.5 Å². The summed E-state index contributed by atoms with van der Waals surface area (Å²) in [6, 6.07) is 9.99. The third kappa shape index (κ3) is 3.15. The van der Waals surface area contributed by atoms with Crippen LogP contribution in [0.15, 0.2) is 36.4 Å². The fourth-order valence-electron chi connectivity index (χ4n) is 3.16. The summed E-state index contributed by atoms with van der Waals surface area (Å²) in [6.07, 6.45) is 0.0217. The Hall–Kier alpha value is -2.67. The Morgan fingerprint density at radius 2 is 2.20 bits per heavy atom. The number of anilines is 2. The van der Waals surface area contributed by atoms with Crippen LogP contribution < -0.4 is 15.0 Å². The van der Waals surface area contributed by atoms with Gasteiger partial charge in [-0.3, -0.25) is 4.79 Å². The van der Waals surface area contributed by atoms with Crippen molar-refractivity contribution in [2.75, 3.05) is 30.0 Å². The largest absolute Gasteiger partial charge is 0.480 e. The fourth-order valence-corrected chi connectivity index (χ4v) is 3.16. The minimum Gasteiger partial charge on any atom is -0.480 e. The number of halogens is 1. The number of pyridine rings is 1. The highest BCUT2D eigenvalue weighted by atomic mass is 19.1. The number of fused-ring (bicyclic) bond motifs is 1. The fraction of sp³-hybridized carbons (Fsp3) is 0.333. The smallest absolute Gasteiger partial charge is 0.263 e. The first-order valence-electron chi connectivity index (χ1n) is 8.17. The van der Waals surface area contributed by atoms with E-state index in [1.54, 1.807) is 12.1 Å². The number of amides is 1. The van der Waals surface area contributed by atoms with Gasteiger partial charge in [-0.2, -0.15) is 0 Å². The van der Waals surface area contributed by atoms with E-state index in [0.29, 0.717) is 30.5 Å². The average Bonchev–Trinajstić information content (AvgIpc) is 2.61. The van der Waals surface area contributed by atoms with Gasteiger partial charge in [0.1, 0.15) is 11.6 Å². The van der Waals surface area contributed by atoms with Crippen molar-refractivity contribution in [3.05, 3.63) is 47.8 Å². The standard InChI is InChI=1S/C18H18FN3O3/c1-11-8-22(14(9-24-11)12-3-2-4-13(19)7-12)16-6-5-15-18(20-16)21-17(23)10-25-15/h2-7,11,14H,8-10H2,1H3,(H,20,21,23)/t11-,14+/m0/s1. The van der Waals surface area contributed by atoms with Crippen molar-refractivity contribution in [3.8, 4) is 5.75 Å². The molecular weight excluding hydrogens is 325 g/mol. The van der Waals surface area contributed by atoms with Crippen LogP contribution in [0.25, 0.3) is 0 Å². The van der Waals surface area contributed by atoms with Crippen molar-refractivity contribution >= 4 is 17.5 Å². The number of nitrogens with zero attached hydrogens (tertiary/aromatic N) is 2. The summed E-state index contributed by atoms with van der Waals surface area (Å²) in [7, 11) is 0. The van der Waals surface area contributed by atoms with E-state index in [1.165, 1.54) is 12.1 Å². The summed E-state index contributed by atoms with van der Waals surface area (Å²) in [5, 5.41) is 2.72. The van der Waals surface area contributed by atoms with E-state index in [4.69, 9.17) is 9.47 Å². The van der Waals surface area contributed by atoms with E-state index < -0.39 is 0 Å². The Balaban J connectivity index is 1.70. The van der Waals surface area contributed by atoms with E-state index in [0.717, 1.165) is 5.56 Å². The third-order valence-electron chi connectivity index (χ3n) is 4.36. The van der Waals surface area contributed by atoms with E-state index in [1.807, 2.05) is 19.1 Å². The zero-order chi connectivity index (χ0) is 17.4. The van der Waals surface area contributed by atoms with Crippen LogP contribution in [0, 0.1) is 5.82 Å². The number of ether oxygens (including phenoxy) is 2. The Morgan fingerprint density at radius 1 is 1.32 bits per heavy atom. The van der Waals surface area contributed by atoms with Gasteiger partial charge in [0.15, 0.2) is 18.2 Å². The van der Waals surface area contributed by atoms with Crippen LogP contribution in [-0.2, 0) is 9.53 Å². The van der Waals surface area contributed by atoms with E-state index >= 15 is 0 Å². The van der Waals surface area contributed by atoms with Crippen LogP contribution in [0.3, 0.4) is 0 Å². The number of aromatic nitrogens is 1. The van der Waals surface area contributed by atoms with Gasteiger partial charge in [-0.1, -0.05) is 12.1 Å². The van der Waals surface area contributed by atoms with Gasteiger partial charge < -0.3 is 19.7 Å². The first kappa shape index (κ1) is 15.8. The number of morpholine rings is 1. The molecule has 2 atom stereocenters. The highest BCUT2D eigenvalue weighted by Crippen LogP contribution is 2.34. The molecule has 0 bridgehead atoms. The van der Waals surface area contributed by atoms with Crippen molar-refractivity contribution in [2.24, 2.45) is 0 Å². The topological polar surface area (TPSA) is 63.7 Å². The Bertz CT molecular complexity index is 814. The van der Waals surface area contributed by atoms with Crippen molar-refractivity contribution < 1.29 is 18.7 Å². The van der Waals surface area contributed by atoms with Crippen molar-refractivity contribution in [1.82, 2.24) is 4.98 Å². The molecule has 1 saturated heterocycles. The van der Waals surface area contributed by atoms with Gasteiger partial charge in [0.25, 0.3) is 5.91 Å². The molecule has 1 amide bonds. The Kier molecular flexibility index (Phi) is 4.01. The summed E-state index contributed by atoms with van der Waals surface area (Å²) in [6.45, 7) is 3.03. The highest BCUT2D eigenvalue weighted by Gasteiger charge is 2.30. The maximum absolute atomic E-state index is 13.7. The molecule has 7 heteroatoms. The molecule has 1 aromatic carbocycles. The first-order chi connectivity index (χ1) is 12.1. The molecule has 6 nitrogen and oxygen atoms in total. The number of nitrogens with one attached hydrogen (secondary N) is 1. The molecule has 4 rings (SSSR count). The molecular formula is C18H18FN3O3. The molecule has 1 N–H and O–H groups in total. The maximum atomic E-state index is 13.7. The summed E-state index contributed by atoms with van der Waals surface area (Å²) in [5.41, 5.74) is 0.826. The molecule has 25 heavy (non-hydrogen) atoms. The minimum atomic E-state index is -0.282. The number of carbonyl (C=O) groups excluding carboxylic acids is 1. The predicted octanol–water partition coefficient (Wildman–Crippen LogP) is 2.52. The summed E-state index contributed by atoms with van der Waals surface area (Å²) in [4.78, 5) is 18.2. The van der Waals surface area contributed by atoms with Crippen molar-refractivity contribution in [3.63, 3.8) is 0 Å². The quantitative estimate of drug-likeness (QED) is 0.908. The number of hydrogen-bond acceptors (Lipinski definition) is 5. The van der Waals surface area contributed by atoms with E-state index in [9.17, 15) is 9.18 Å². The van der Waals surface area contributed by atoms with Crippen molar-refractivity contribution in [1.29, 1.82) is 0 Å². The van der Waals surface area contributed by atoms with Gasteiger partial charge in [0, 0.05) is 6.54 Å². The van der Waals surface area contributed by atoms with Crippen LogP contribution in [0.2, 0.25) is 0 Å². The zero-order valence-electron chi connectivity index (χ0n) is 13.7. The molecule has 0 spiro atoms. The first-order valence-corrected chi connectivity index (χ1v) is 8.17. The number of hydrogen-bond donors (Lipinski definition) is 1. The molecule has 1 fully saturated rings. The van der Waals surface area contributed by atoms with Crippen LogP contribution in [-0.4, -0.2) is 36.8 Å². The normalized spacial score (nSPS) is 22.8. The van der Waals surface area contributed by atoms with Gasteiger partial charge >= 0.3 is 0 Å². The number of rotatable bonds is 2. The second-order valence-corrected chi connectivity index (χ2v) is 6.22. The number of carbonyl (C=O) groups is 1. The lowest BCUT2D eigenvalue weighted by molar-refractivity contribution is -0.118. The molecule has 3 heterocycles. The molecule has 0 aliphatic carbocycles. The second kappa shape index (κ2) is 6.33. The Labute approximate surface area is 144 Å². The molecule has 2 aromatic rings.